The van der Waals surface area contributed by atoms with Crippen molar-refractivity contribution in [1.29, 1.82) is 0 Å². The normalized spacial score (nSPS) is 34.1. The predicted octanol–water partition coefficient (Wildman–Crippen LogP) is 9.53. The van der Waals surface area contributed by atoms with Crippen LogP contribution in [0.3, 0.4) is 0 Å². The van der Waals surface area contributed by atoms with E-state index in [-0.39, 0.29) is 59.0 Å². The summed E-state index contributed by atoms with van der Waals surface area (Å²) in [6.07, 6.45) is 11.3. The first-order valence-electron chi connectivity index (χ1n) is 18.7. The Morgan fingerprint density at radius 3 is 2.38 bits per heavy atom. The number of Topliss-reactive ketones (excluding diaryl/α,β-unsaturated/α-hetero) is 1. The lowest BCUT2D eigenvalue weighted by Gasteiger charge is -2.62. The van der Waals surface area contributed by atoms with Gasteiger partial charge in [-0.1, -0.05) is 47.5 Å². The number of carboxylic acids is 1. The van der Waals surface area contributed by atoms with Gasteiger partial charge in [0, 0.05) is 42.9 Å². The highest BCUT2D eigenvalue weighted by Crippen LogP contribution is 2.68. The molecule has 0 bridgehead atoms. The number of aliphatic carboxylic acids is 1. The van der Waals surface area contributed by atoms with Crippen LogP contribution in [0.5, 0.6) is 0 Å². The average Bonchev–Trinajstić information content (AvgIpc) is 3.60. The van der Waals surface area contributed by atoms with Gasteiger partial charge in [-0.3, -0.25) is 19.2 Å². The van der Waals surface area contributed by atoms with Crippen molar-refractivity contribution in [2.75, 3.05) is 0 Å². The molecule has 10 atom stereocenters. The van der Waals surface area contributed by atoms with Crippen LogP contribution in [0.1, 0.15) is 142 Å². The lowest BCUT2D eigenvalue weighted by atomic mass is 9.43. The molecule has 1 aromatic rings. The molecular formula is C39H58BrNO6S. The van der Waals surface area contributed by atoms with Gasteiger partial charge in [-0.05, 0) is 126 Å². The van der Waals surface area contributed by atoms with Gasteiger partial charge in [-0.2, -0.15) is 0 Å². The molecule has 5 rings (SSSR count). The van der Waals surface area contributed by atoms with Gasteiger partial charge in [0.25, 0.3) is 0 Å². The van der Waals surface area contributed by atoms with Crippen molar-refractivity contribution in [1.82, 2.24) is 5.32 Å². The molecule has 0 aromatic carbocycles. The van der Waals surface area contributed by atoms with Crippen molar-refractivity contribution in [3.8, 4) is 0 Å². The number of ketones is 1. The summed E-state index contributed by atoms with van der Waals surface area (Å²) < 4.78 is 7.52. The highest BCUT2D eigenvalue weighted by molar-refractivity contribution is 9.11. The number of thiophene rings is 1. The molecule has 4 aliphatic carbocycles. The molecule has 1 amide bonds. The molecule has 0 radical (unpaired) electrons. The fraction of sp³-hybridized carbons (Fsp3) is 0.795. The number of halogens is 1. The van der Waals surface area contributed by atoms with Gasteiger partial charge in [0.05, 0.1) is 9.83 Å². The number of amides is 1. The summed E-state index contributed by atoms with van der Waals surface area (Å²) in [5, 5.41) is 12.3. The molecule has 9 heteroatoms. The largest absolute Gasteiger partial charge is 0.481 e. The number of nitrogens with one attached hydrogen (secondary N) is 1. The van der Waals surface area contributed by atoms with Crippen molar-refractivity contribution >= 4 is 50.9 Å². The standard InChI is InChI=1S/C39H58BrNO6S/c1-23(2)37(31-14-15-32(40)48-31)41-33(43)20-24(3)27-12-13-28-36-29(17-19-39(27,28)5)38(4)18-16-26(42)21-25(38)22-30(36)47-35(46)11-9-7-6-8-10-34(44)45/h14-15,23-25,27-30,36-37H,6-13,16-22H2,1-5H3,(H,41,43)(H,44,45)/t24-,25+,27-,28+,29+,30-,36+,37-,38+,39-/m1/s1. The SMILES string of the molecule is CC(C)[C@@H](NC(=O)C[C@@H](C)[C@H]1CC[C@H]2[C@@H]3[C@H](OC(=O)CCCCCCC(=O)O)C[C@@H]4CC(=O)CC[C@]4(C)[C@H]3CC[C@]12C)c1ccc(Br)s1. The predicted molar refractivity (Wildman–Crippen MR) is 192 cm³/mol. The molecule has 0 aliphatic heterocycles. The Balaban J connectivity index is 1.28. The molecule has 0 unspecified atom stereocenters. The van der Waals surface area contributed by atoms with E-state index in [1.807, 2.05) is 0 Å². The highest BCUT2D eigenvalue weighted by Gasteiger charge is 2.64. The first-order chi connectivity index (χ1) is 22.7. The Morgan fingerprint density at radius 2 is 1.71 bits per heavy atom. The molecule has 0 spiro atoms. The van der Waals surface area contributed by atoms with E-state index in [9.17, 15) is 19.2 Å². The van der Waals surface area contributed by atoms with Gasteiger partial charge in [0.1, 0.15) is 11.9 Å². The second kappa shape index (κ2) is 15.7. The molecule has 4 fully saturated rings. The van der Waals surface area contributed by atoms with Crippen molar-refractivity contribution in [3.05, 3.63) is 20.8 Å². The zero-order valence-corrected chi connectivity index (χ0v) is 32.1. The fourth-order valence-corrected chi connectivity index (χ4v) is 12.6. The molecule has 2 N–H and O–H groups in total. The Hall–Kier alpha value is -1.74. The third-order valence-corrected chi connectivity index (χ3v) is 15.1. The Bertz CT molecular complexity index is 1330. The summed E-state index contributed by atoms with van der Waals surface area (Å²) in [4.78, 5) is 51.5. The fourth-order valence-electron chi connectivity index (χ4n) is 10.9. The number of hydrogen-bond donors (Lipinski definition) is 2. The van der Waals surface area contributed by atoms with Gasteiger partial charge in [0.15, 0.2) is 0 Å². The number of carbonyl (C=O) groups excluding carboxylic acids is 3. The number of carboxylic acid groups (broad SMARTS) is 1. The van der Waals surface area contributed by atoms with E-state index < -0.39 is 5.97 Å². The molecular weight excluding hydrogens is 690 g/mol. The van der Waals surface area contributed by atoms with Crippen LogP contribution in [0.4, 0.5) is 0 Å². The number of esters is 1. The van der Waals surface area contributed by atoms with Crippen LogP contribution in [0.2, 0.25) is 0 Å². The summed E-state index contributed by atoms with van der Waals surface area (Å²) in [7, 11) is 0. The third-order valence-electron chi connectivity index (χ3n) is 13.4. The lowest BCUT2D eigenvalue weighted by Crippen LogP contribution is -2.59. The van der Waals surface area contributed by atoms with Crippen molar-refractivity contribution in [2.45, 2.75) is 143 Å². The Labute approximate surface area is 300 Å². The molecule has 0 saturated heterocycles. The minimum atomic E-state index is -0.775. The summed E-state index contributed by atoms with van der Waals surface area (Å²) in [5.41, 5.74) is 0.179. The van der Waals surface area contributed by atoms with Gasteiger partial charge in [0.2, 0.25) is 5.91 Å². The third kappa shape index (κ3) is 8.08. The van der Waals surface area contributed by atoms with Crippen molar-refractivity contribution in [3.63, 3.8) is 0 Å². The monoisotopic (exact) mass is 747 g/mol. The van der Waals surface area contributed by atoms with Crippen LogP contribution < -0.4 is 5.32 Å². The Morgan fingerprint density at radius 1 is 1.00 bits per heavy atom. The number of fused-ring (bicyclic) bond motifs is 5. The molecule has 4 aliphatic rings. The maximum atomic E-state index is 13.5. The van der Waals surface area contributed by atoms with Crippen molar-refractivity contribution in [2.24, 2.45) is 52.3 Å². The van der Waals surface area contributed by atoms with Gasteiger partial charge < -0.3 is 15.2 Å². The summed E-state index contributed by atoms with van der Waals surface area (Å²) in [6, 6.07) is 4.16. The molecule has 1 heterocycles. The molecule has 268 valence electrons. The zero-order chi connectivity index (χ0) is 34.8. The second-order valence-electron chi connectivity index (χ2n) is 16.6. The Kier molecular flexibility index (Phi) is 12.2. The summed E-state index contributed by atoms with van der Waals surface area (Å²) >= 11 is 5.26. The lowest BCUT2D eigenvalue weighted by molar-refractivity contribution is -0.191. The minimum Gasteiger partial charge on any atom is -0.481 e. The van der Waals surface area contributed by atoms with E-state index >= 15 is 0 Å². The molecule has 4 saturated carbocycles. The smallest absolute Gasteiger partial charge is 0.306 e. The summed E-state index contributed by atoms with van der Waals surface area (Å²) in [5.74, 6) is 1.94. The van der Waals surface area contributed by atoms with Gasteiger partial charge >= 0.3 is 11.9 Å². The summed E-state index contributed by atoms with van der Waals surface area (Å²) in [6.45, 7) is 11.5. The number of hydrogen-bond acceptors (Lipinski definition) is 6. The van der Waals surface area contributed by atoms with Crippen LogP contribution in [-0.4, -0.2) is 34.8 Å². The highest BCUT2D eigenvalue weighted by atomic mass is 79.9. The quantitative estimate of drug-likeness (QED) is 0.145. The number of ether oxygens (including phenoxy) is 1. The molecule has 7 nitrogen and oxygen atoms in total. The van der Waals surface area contributed by atoms with E-state index in [0.29, 0.717) is 68.0 Å². The second-order valence-corrected chi connectivity index (χ2v) is 19.1. The maximum Gasteiger partial charge on any atom is 0.306 e. The van der Waals surface area contributed by atoms with E-state index in [1.54, 1.807) is 11.3 Å². The average molecular weight is 749 g/mol. The van der Waals surface area contributed by atoms with Gasteiger partial charge in [-0.25, -0.2) is 0 Å². The first-order valence-corrected chi connectivity index (χ1v) is 20.3. The first kappa shape index (κ1) is 37.5. The zero-order valence-electron chi connectivity index (χ0n) is 29.7. The van der Waals surface area contributed by atoms with E-state index in [0.717, 1.165) is 55.2 Å². The molecule has 1 aromatic heterocycles. The van der Waals surface area contributed by atoms with Crippen LogP contribution >= 0.6 is 27.3 Å². The minimum absolute atomic E-state index is 0.00170. The van der Waals surface area contributed by atoms with Crippen LogP contribution in [-0.2, 0) is 23.9 Å². The molecule has 48 heavy (non-hydrogen) atoms. The topological polar surface area (TPSA) is 110 Å². The van der Waals surface area contributed by atoms with Crippen LogP contribution in [0.15, 0.2) is 15.9 Å². The number of unbranched alkanes of at least 4 members (excludes halogenated alkanes) is 3. The van der Waals surface area contributed by atoms with Crippen LogP contribution in [0.25, 0.3) is 0 Å². The number of carbonyl (C=O) groups is 4. The van der Waals surface area contributed by atoms with Gasteiger partial charge in [-0.15, -0.1) is 11.3 Å². The number of rotatable bonds is 14. The van der Waals surface area contributed by atoms with Crippen LogP contribution in [0, 0.1) is 52.3 Å². The van der Waals surface area contributed by atoms with E-state index in [4.69, 9.17) is 9.84 Å². The van der Waals surface area contributed by atoms with E-state index in [1.165, 1.54) is 4.88 Å². The maximum absolute atomic E-state index is 13.5. The van der Waals surface area contributed by atoms with E-state index in [2.05, 4.69) is 68.0 Å². The van der Waals surface area contributed by atoms with Crippen molar-refractivity contribution < 1.29 is 29.0 Å².